The van der Waals surface area contributed by atoms with Crippen molar-refractivity contribution in [1.29, 1.82) is 0 Å². The van der Waals surface area contributed by atoms with Crippen molar-refractivity contribution >= 4 is 11.8 Å². The van der Waals surface area contributed by atoms with Gasteiger partial charge in [-0.2, -0.15) is 0 Å². The number of methoxy groups -OCH3 is 1. The van der Waals surface area contributed by atoms with Crippen molar-refractivity contribution in [2.24, 2.45) is 5.92 Å². The molecule has 1 aromatic carbocycles. The van der Waals surface area contributed by atoms with Gasteiger partial charge in [-0.1, -0.05) is 18.2 Å². The van der Waals surface area contributed by atoms with Crippen LogP contribution in [0.2, 0.25) is 0 Å². The molecule has 1 heterocycles. The third-order valence-corrected chi connectivity index (χ3v) is 4.40. The minimum Gasteiger partial charge on any atom is -0.496 e. The lowest BCUT2D eigenvalue weighted by Crippen LogP contribution is -2.51. The van der Waals surface area contributed by atoms with Crippen LogP contribution >= 0.6 is 0 Å². The fourth-order valence-corrected chi connectivity index (χ4v) is 2.89. The number of ether oxygens (including phenoxy) is 1. The highest BCUT2D eigenvalue weighted by molar-refractivity contribution is 5.82. The van der Waals surface area contributed by atoms with E-state index in [0.29, 0.717) is 32.6 Å². The number of amides is 2. The number of para-hydroxylation sites is 1. The van der Waals surface area contributed by atoms with Gasteiger partial charge in [-0.05, 0) is 18.9 Å². The molecule has 1 aliphatic heterocycles. The molecule has 3 rings (SSSR count). The van der Waals surface area contributed by atoms with Crippen LogP contribution in [0.4, 0.5) is 0 Å². The number of nitrogens with zero attached hydrogens (tertiary/aromatic N) is 2. The van der Waals surface area contributed by atoms with Gasteiger partial charge in [0.05, 0.1) is 13.5 Å². The summed E-state index contributed by atoms with van der Waals surface area (Å²) in [4.78, 5) is 28.2. The van der Waals surface area contributed by atoms with Crippen LogP contribution in [-0.4, -0.2) is 54.9 Å². The highest BCUT2D eigenvalue weighted by Crippen LogP contribution is 2.31. The van der Waals surface area contributed by atoms with Gasteiger partial charge in [-0.25, -0.2) is 0 Å². The Morgan fingerprint density at radius 2 is 1.73 bits per heavy atom. The number of hydrogen-bond donors (Lipinski definition) is 0. The van der Waals surface area contributed by atoms with E-state index in [9.17, 15) is 9.59 Å². The normalized spacial score (nSPS) is 18.2. The van der Waals surface area contributed by atoms with Gasteiger partial charge in [0.2, 0.25) is 11.8 Å². The summed E-state index contributed by atoms with van der Waals surface area (Å²) in [6.07, 6.45) is 2.41. The molecule has 0 bridgehead atoms. The molecule has 2 fully saturated rings. The van der Waals surface area contributed by atoms with Crippen LogP contribution in [0.25, 0.3) is 0 Å². The molecule has 1 aliphatic carbocycles. The van der Waals surface area contributed by atoms with Gasteiger partial charge in [-0.15, -0.1) is 0 Å². The molecule has 0 atom stereocenters. The summed E-state index contributed by atoms with van der Waals surface area (Å²) < 4.78 is 5.29. The molecule has 0 unspecified atom stereocenters. The second-order valence-corrected chi connectivity index (χ2v) is 5.97. The van der Waals surface area contributed by atoms with E-state index in [0.717, 1.165) is 24.2 Å². The molecule has 2 amide bonds. The summed E-state index contributed by atoms with van der Waals surface area (Å²) in [7, 11) is 1.62. The van der Waals surface area contributed by atoms with E-state index in [1.54, 1.807) is 7.11 Å². The van der Waals surface area contributed by atoms with Crippen molar-refractivity contribution in [2.45, 2.75) is 19.3 Å². The number of carbonyl (C=O) groups is 2. The lowest BCUT2D eigenvalue weighted by atomic mass is 10.1. The average Bonchev–Trinajstić information content (AvgIpc) is 3.40. The Hall–Kier alpha value is -2.04. The maximum absolute atomic E-state index is 12.4. The Bertz CT molecular complexity index is 561. The second-order valence-electron chi connectivity index (χ2n) is 5.97. The van der Waals surface area contributed by atoms with Gasteiger partial charge >= 0.3 is 0 Å². The molecule has 2 aliphatic rings. The summed E-state index contributed by atoms with van der Waals surface area (Å²) in [6, 6.07) is 7.60. The van der Waals surface area contributed by atoms with Gasteiger partial charge in [0.15, 0.2) is 0 Å². The van der Waals surface area contributed by atoms with E-state index in [4.69, 9.17) is 4.74 Å². The van der Waals surface area contributed by atoms with Crippen LogP contribution in [0.3, 0.4) is 0 Å². The van der Waals surface area contributed by atoms with E-state index in [-0.39, 0.29) is 17.7 Å². The zero-order valence-corrected chi connectivity index (χ0v) is 13.0. The van der Waals surface area contributed by atoms with E-state index in [1.807, 2.05) is 34.1 Å². The summed E-state index contributed by atoms with van der Waals surface area (Å²) >= 11 is 0. The standard InChI is InChI=1S/C17H22N2O3/c1-22-15-5-3-2-4-14(15)12-16(20)18-8-10-19(11-9-18)17(21)13-6-7-13/h2-5,13H,6-12H2,1H3. The Morgan fingerprint density at radius 3 is 2.36 bits per heavy atom. The maximum atomic E-state index is 12.4. The fraction of sp³-hybridized carbons (Fsp3) is 0.529. The summed E-state index contributed by atoms with van der Waals surface area (Å²) in [6.45, 7) is 2.58. The monoisotopic (exact) mass is 302 g/mol. The first kappa shape index (κ1) is 14.9. The van der Waals surface area contributed by atoms with E-state index in [1.165, 1.54) is 0 Å². The number of benzene rings is 1. The van der Waals surface area contributed by atoms with Crippen molar-refractivity contribution in [1.82, 2.24) is 9.80 Å². The molecule has 0 spiro atoms. The smallest absolute Gasteiger partial charge is 0.227 e. The van der Waals surface area contributed by atoms with Crippen LogP contribution < -0.4 is 4.74 Å². The second kappa shape index (κ2) is 6.38. The Labute approximate surface area is 130 Å². The molecule has 5 heteroatoms. The number of hydrogen-bond acceptors (Lipinski definition) is 3. The van der Waals surface area contributed by atoms with Crippen molar-refractivity contribution in [3.8, 4) is 5.75 Å². The van der Waals surface area contributed by atoms with Crippen LogP contribution in [0, 0.1) is 5.92 Å². The molecular weight excluding hydrogens is 280 g/mol. The predicted octanol–water partition coefficient (Wildman–Crippen LogP) is 1.32. The van der Waals surface area contributed by atoms with Crippen molar-refractivity contribution in [2.75, 3.05) is 33.3 Å². The molecule has 118 valence electrons. The van der Waals surface area contributed by atoms with E-state index < -0.39 is 0 Å². The molecular formula is C17H22N2O3. The third kappa shape index (κ3) is 3.24. The fourth-order valence-electron chi connectivity index (χ4n) is 2.89. The largest absolute Gasteiger partial charge is 0.496 e. The quantitative estimate of drug-likeness (QED) is 0.843. The van der Waals surface area contributed by atoms with Crippen LogP contribution in [0.1, 0.15) is 18.4 Å². The summed E-state index contributed by atoms with van der Waals surface area (Å²) in [5.74, 6) is 1.38. The lowest BCUT2D eigenvalue weighted by molar-refractivity contribution is -0.140. The van der Waals surface area contributed by atoms with Gasteiger partial charge < -0.3 is 14.5 Å². The Morgan fingerprint density at radius 1 is 1.09 bits per heavy atom. The zero-order valence-electron chi connectivity index (χ0n) is 13.0. The summed E-state index contributed by atoms with van der Waals surface area (Å²) in [5, 5.41) is 0. The van der Waals surface area contributed by atoms with Gasteiger partial charge in [0, 0.05) is 37.7 Å². The minimum atomic E-state index is 0.100. The Kier molecular flexibility index (Phi) is 4.32. The van der Waals surface area contributed by atoms with Crippen molar-refractivity contribution in [3.05, 3.63) is 29.8 Å². The minimum absolute atomic E-state index is 0.100. The first-order valence-electron chi connectivity index (χ1n) is 7.87. The number of rotatable bonds is 4. The number of carbonyl (C=O) groups excluding carboxylic acids is 2. The summed E-state index contributed by atoms with van der Waals surface area (Å²) in [5.41, 5.74) is 0.909. The number of piperazine rings is 1. The molecule has 1 saturated carbocycles. The molecule has 0 radical (unpaired) electrons. The average molecular weight is 302 g/mol. The van der Waals surface area contributed by atoms with Crippen molar-refractivity contribution in [3.63, 3.8) is 0 Å². The van der Waals surface area contributed by atoms with E-state index >= 15 is 0 Å². The topological polar surface area (TPSA) is 49.9 Å². The molecule has 22 heavy (non-hydrogen) atoms. The first-order valence-corrected chi connectivity index (χ1v) is 7.87. The maximum Gasteiger partial charge on any atom is 0.227 e. The van der Waals surface area contributed by atoms with E-state index in [2.05, 4.69) is 0 Å². The van der Waals surface area contributed by atoms with Gasteiger partial charge in [0.25, 0.3) is 0 Å². The van der Waals surface area contributed by atoms with Crippen LogP contribution in [0.5, 0.6) is 5.75 Å². The predicted molar refractivity (Wildman–Crippen MR) is 82.6 cm³/mol. The highest BCUT2D eigenvalue weighted by Gasteiger charge is 2.35. The van der Waals surface area contributed by atoms with Gasteiger partial charge in [0.1, 0.15) is 5.75 Å². The van der Waals surface area contributed by atoms with Crippen molar-refractivity contribution < 1.29 is 14.3 Å². The Balaban J connectivity index is 1.54. The third-order valence-electron chi connectivity index (χ3n) is 4.40. The highest BCUT2D eigenvalue weighted by atomic mass is 16.5. The molecule has 0 N–H and O–H groups in total. The molecule has 0 aromatic heterocycles. The molecule has 1 saturated heterocycles. The van der Waals surface area contributed by atoms with Gasteiger partial charge in [-0.3, -0.25) is 9.59 Å². The van der Waals surface area contributed by atoms with Crippen LogP contribution in [0.15, 0.2) is 24.3 Å². The first-order chi connectivity index (χ1) is 10.7. The SMILES string of the molecule is COc1ccccc1CC(=O)N1CCN(C(=O)C2CC2)CC1. The zero-order chi connectivity index (χ0) is 15.5. The van der Waals surface area contributed by atoms with Crippen LogP contribution in [-0.2, 0) is 16.0 Å². The molecule has 5 nitrogen and oxygen atoms in total. The lowest BCUT2D eigenvalue weighted by Gasteiger charge is -2.35. The molecule has 1 aromatic rings.